The van der Waals surface area contributed by atoms with Gasteiger partial charge in [-0.2, -0.15) is 0 Å². The van der Waals surface area contributed by atoms with Crippen LogP contribution in [0.25, 0.3) is 5.57 Å². The molecule has 2 fully saturated rings. The molecule has 0 radical (unpaired) electrons. The molecular weight excluding hydrogens is 558 g/mol. The van der Waals surface area contributed by atoms with E-state index in [0.717, 1.165) is 48.1 Å². The zero-order chi connectivity index (χ0) is 31.7. The van der Waals surface area contributed by atoms with Gasteiger partial charge in [0.25, 0.3) is 5.91 Å². The van der Waals surface area contributed by atoms with Gasteiger partial charge in [-0.3, -0.25) is 9.59 Å². The zero-order valence-corrected chi connectivity index (χ0v) is 27.5. The second-order valence-electron chi connectivity index (χ2n) is 13.4. The van der Waals surface area contributed by atoms with Crippen LogP contribution in [0.15, 0.2) is 66.2 Å². The van der Waals surface area contributed by atoms with Crippen molar-refractivity contribution in [2.45, 2.75) is 84.8 Å². The first kappa shape index (κ1) is 31.1. The fourth-order valence-electron chi connectivity index (χ4n) is 7.06. The van der Waals surface area contributed by atoms with Gasteiger partial charge in [0.1, 0.15) is 5.75 Å². The van der Waals surface area contributed by atoms with Gasteiger partial charge < -0.3 is 19.9 Å². The van der Waals surface area contributed by atoms with Gasteiger partial charge >= 0.3 is 0 Å². The summed E-state index contributed by atoms with van der Waals surface area (Å²) in [4.78, 5) is 31.3. The number of fused-ring (bicyclic) bond motifs is 2. The average molecular weight is 606 g/mol. The Labute approximate surface area is 268 Å². The average Bonchev–Trinajstić information content (AvgIpc) is 3.86. The summed E-state index contributed by atoms with van der Waals surface area (Å²) in [5.74, 6) is 1.13. The van der Waals surface area contributed by atoms with E-state index in [-0.39, 0.29) is 29.9 Å². The van der Waals surface area contributed by atoms with Crippen LogP contribution >= 0.6 is 0 Å². The van der Waals surface area contributed by atoms with E-state index < -0.39 is 0 Å². The lowest BCUT2D eigenvalue weighted by molar-refractivity contribution is -0.132. The Bertz CT molecular complexity index is 1600. The van der Waals surface area contributed by atoms with Crippen LogP contribution in [0.3, 0.4) is 0 Å². The number of hydrogen-bond acceptors (Lipinski definition) is 4. The Hall–Kier alpha value is -3.90. The maximum absolute atomic E-state index is 14.7. The Balaban J connectivity index is 1.32. The van der Waals surface area contributed by atoms with Crippen LogP contribution in [0.1, 0.15) is 65.1 Å². The van der Waals surface area contributed by atoms with Crippen molar-refractivity contribution >= 4 is 17.4 Å². The van der Waals surface area contributed by atoms with Crippen molar-refractivity contribution in [1.29, 1.82) is 0 Å². The van der Waals surface area contributed by atoms with Crippen LogP contribution in [-0.2, 0) is 22.4 Å². The van der Waals surface area contributed by atoms with Crippen LogP contribution in [-0.4, -0.2) is 66.0 Å². The second-order valence-corrected chi connectivity index (χ2v) is 13.4. The molecule has 0 aromatic heterocycles. The van der Waals surface area contributed by atoms with E-state index in [4.69, 9.17) is 4.74 Å². The molecule has 3 aliphatic rings. The summed E-state index contributed by atoms with van der Waals surface area (Å²) >= 11 is 0. The molecular formula is C39H47N3O3. The van der Waals surface area contributed by atoms with Gasteiger partial charge in [-0.25, -0.2) is 0 Å². The normalized spacial score (nSPS) is 19.4. The molecule has 236 valence electrons. The van der Waals surface area contributed by atoms with Crippen molar-refractivity contribution < 1.29 is 14.3 Å². The fraction of sp³-hybridized carbons (Fsp3) is 0.436. The SMILES string of the molecule is CC(=O)N1CC2CC(c3ccccc3CCOc3cc(C)cc(C)c3C)=C(C(=O)N(CCc3ccc(C)cc3)C3CC3)C(C1)N2. The first-order valence-electron chi connectivity index (χ1n) is 16.6. The molecule has 6 heteroatoms. The number of rotatable bonds is 10. The van der Waals surface area contributed by atoms with Crippen LogP contribution < -0.4 is 10.1 Å². The van der Waals surface area contributed by atoms with Crippen LogP contribution in [0.2, 0.25) is 0 Å². The molecule has 6 rings (SSSR count). The van der Waals surface area contributed by atoms with Gasteiger partial charge in [0.05, 0.1) is 12.6 Å². The molecule has 6 nitrogen and oxygen atoms in total. The maximum Gasteiger partial charge on any atom is 0.252 e. The Kier molecular flexibility index (Phi) is 9.14. The number of ether oxygens (including phenoxy) is 1. The zero-order valence-electron chi connectivity index (χ0n) is 27.5. The molecule has 3 aromatic rings. The fourth-order valence-corrected chi connectivity index (χ4v) is 7.06. The number of carbonyl (C=O) groups is 2. The second kappa shape index (κ2) is 13.2. The minimum Gasteiger partial charge on any atom is -0.493 e. The molecule has 1 aliphatic carbocycles. The summed E-state index contributed by atoms with van der Waals surface area (Å²) in [5.41, 5.74) is 10.4. The van der Waals surface area contributed by atoms with E-state index in [1.54, 1.807) is 6.92 Å². The molecule has 0 spiro atoms. The quantitative estimate of drug-likeness (QED) is 0.303. The van der Waals surface area contributed by atoms with Crippen molar-refractivity contribution in [2.75, 3.05) is 26.2 Å². The third-order valence-electron chi connectivity index (χ3n) is 9.83. The lowest BCUT2D eigenvalue weighted by atomic mass is 9.81. The lowest BCUT2D eigenvalue weighted by Gasteiger charge is -2.45. The number of aryl methyl sites for hydroxylation is 3. The molecule has 1 N–H and O–H groups in total. The summed E-state index contributed by atoms with van der Waals surface area (Å²) in [6.45, 7) is 12.5. The van der Waals surface area contributed by atoms with Crippen molar-refractivity contribution in [3.8, 4) is 5.75 Å². The number of piperazine rings is 1. The minimum atomic E-state index is -0.188. The summed E-state index contributed by atoms with van der Waals surface area (Å²) < 4.78 is 6.35. The Morgan fingerprint density at radius 2 is 1.69 bits per heavy atom. The van der Waals surface area contributed by atoms with Crippen molar-refractivity contribution in [3.63, 3.8) is 0 Å². The first-order chi connectivity index (χ1) is 21.7. The topological polar surface area (TPSA) is 61.9 Å². The predicted octanol–water partition coefficient (Wildman–Crippen LogP) is 6.12. The summed E-state index contributed by atoms with van der Waals surface area (Å²) in [5, 5.41) is 3.74. The molecule has 45 heavy (non-hydrogen) atoms. The van der Waals surface area contributed by atoms with Gasteiger partial charge in [-0.1, -0.05) is 60.2 Å². The third-order valence-corrected chi connectivity index (χ3v) is 9.83. The monoisotopic (exact) mass is 605 g/mol. The third kappa shape index (κ3) is 7.01. The Morgan fingerprint density at radius 3 is 2.42 bits per heavy atom. The first-order valence-corrected chi connectivity index (χ1v) is 16.6. The molecule has 2 atom stereocenters. The maximum atomic E-state index is 14.7. The highest BCUT2D eigenvalue weighted by Gasteiger charge is 2.43. The van der Waals surface area contributed by atoms with Crippen LogP contribution in [0.5, 0.6) is 5.75 Å². The highest BCUT2D eigenvalue weighted by molar-refractivity contribution is 6.04. The lowest BCUT2D eigenvalue weighted by Crippen LogP contribution is -2.62. The number of amides is 2. The van der Waals surface area contributed by atoms with E-state index in [0.29, 0.717) is 32.7 Å². The van der Waals surface area contributed by atoms with E-state index in [1.165, 1.54) is 33.4 Å². The van der Waals surface area contributed by atoms with Gasteiger partial charge in [0.2, 0.25) is 5.91 Å². The molecule has 3 aromatic carbocycles. The molecule has 1 saturated heterocycles. The minimum absolute atomic E-state index is 0.0689. The summed E-state index contributed by atoms with van der Waals surface area (Å²) in [6.07, 6.45) is 4.39. The molecule has 2 unspecified atom stereocenters. The van der Waals surface area contributed by atoms with Crippen molar-refractivity contribution in [2.24, 2.45) is 0 Å². The van der Waals surface area contributed by atoms with E-state index in [2.05, 4.69) is 98.6 Å². The van der Waals surface area contributed by atoms with E-state index >= 15 is 0 Å². The molecule has 2 amide bonds. The molecule has 1 saturated carbocycles. The number of benzene rings is 3. The smallest absolute Gasteiger partial charge is 0.252 e. The molecule has 2 heterocycles. The highest BCUT2D eigenvalue weighted by atomic mass is 16.5. The molecule has 2 aliphatic heterocycles. The standard InChI is InChI=1S/C39H47N3O3/c1-25-10-12-30(13-11-25)16-18-42(33-14-15-33)39(44)38-35(22-32-23-41(29(5)43)24-36(38)40-32)34-9-7-6-8-31(34)17-19-45-37-21-26(2)20-27(3)28(37)4/h6-13,20-21,32-33,36,40H,14-19,22-24H2,1-5H3. The number of nitrogens with zero attached hydrogens (tertiary/aromatic N) is 2. The number of hydrogen-bond donors (Lipinski definition) is 1. The van der Waals surface area contributed by atoms with E-state index in [9.17, 15) is 9.59 Å². The highest BCUT2D eigenvalue weighted by Crippen LogP contribution is 2.38. The predicted molar refractivity (Wildman–Crippen MR) is 180 cm³/mol. The summed E-state index contributed by atoms with van der Waals surface area (Å²) in [6, 6.07) is 21.7. The number of carbonyl (C=O) groups excluding carboxylic acids is 2. The van der Waals surface area contributed by atoms with E-state index in [1.807, 2.05) is 4.90 Å². The van der Waals surface area contributed by atoms with Crippen molar-refractivity contribution in [1.82, 2.24) is 15.1 Å². The van der Waals surface area contributed by atoms with Gasteiger partial charge in [0.15, 0.2) is 0 Å². The van der Waals surface area contributed by atoms with Gasteiger partial charge in [-0.15, -0.1) is 0 Å². The van der Waals surface area contributed by atoms with Gasteiger partial charge in [-0.05, 0) is 98.4 Å². The molecule has 2 bridgehead atoms. The van der Waals surface area contributed by atoms with Crippen molar-refractivity contribution in [3.05, 3.63) is 105 Å². The van der Waals surface area contributed by atoms with Gasteiger partial charge in [0, 0.05) is 50.6 Å². The number of nitrogens with one attached hydrogen (secondary N) is 1. The van der Waals surface area contributed by atoms with Crippen LogP contribution in [0, 0.1) is 27.7 Å². The Morgan fingerprint density at radius 1 is 0.933 bits per heavy atom. The summed E-state index contributed by atoms with van der Waals surface area (Å²) in [7, 11) is 0. The van der Waals surface area contributed by atoms with Crippen LogP contribution in [0.4, 0.5) is 0 Å². The largest absolute Gasteiger partial charge is 0.493 e.